The van der Waals surface area contributed by atoms with Gasteiger partial charge in [0.25, 0.3) is 0 Å². The molecule has 84 valence electrons. The van der Waals surface area contributed by atoms with Crippen molar-refractivity contribution in [2.45, 2.75) is 30.7 Å². The van der Waals surface area contributed by atoms with Crippen molar-refractivity contribution >= 4 is 0 Å². The van der Waals surface area contributed by atoms with Gasteiger partial charge in [-0.15, -0.1) is 0 Å². The van der Waals surface area contributed by atoms with Gasteiger partial charge in [0.2, 0.25) is 0 Å². The quantitative estimate of drug-likeness (QED) is 0.501. The molecule has 1 aliphatic heterocycles. The van der Waals surface area contributed by atoms with Gasteiger partial charge in [0.1, 0.15) is 24.4 Å². The smallest absolute Gasteiger partial charge is 0.186 e. The van der Waals surface area contributed by atoms with Crippen LogP contribution in [0.15, 0.2) is 0 Å². The molecule has 0 unspecified atom stereocenters. The van der Waals surface area contributed by atoms with Gasteiger partial charge in [-0.2, -0.15) is 0 Å². The fourth-order valence-corrected chi connectivity index (χ4v) is 1.41. The SMILES string of the molecule is COC[C@H]1O[C@H](OC)[C@@H](O)[C@@H](O)[C@H]1O. The molecule has 1 heterocycles. The van der Waals surface area contributed by atoms with Crippen LogP contribution in [-0.4, -0.2) is 66.9 Å². The maximum atomic E-state index is 9.48. The van der Waals surface area contributed by atoms with Crippen LogP contribution in [0.3, 0.4) is 0 Å². The molecule has 1 fully saturated rings. The Kier molecular flexibility index (Phi) is 4.24. The van der Waals surface area contributed by atoms with Crippen LogP contribution in [0, 0.1) is 0 Å². The summed E-state index contributed by atoms with van der Waals surface area (Å²) in [6, 6.07) is 0. The second-order valence-electron chi connectivity index (χ2n) is 3.21. The molecule has 0 amide bonds. The van der Waals surface area contributed by atoms with Crippen LogP contribution in [0.5, 0.6) is 0 Å². The zero-order valence-corrected chi connectivity index (χ0v) is 8.16. The molecule has 1 saturated heterocycles. The summed E-state index contributed by atoms with van der Waals surface area (Å²) in [6.45, 7) is 0.130. The van der Waals surface area contributed by atoms with Crippen LogP contribution < -0.4 is 0 Å². The lowest BCUT2D eigenvalue weighted by Gasteiger charge is -2.39. The molecule has 6 heteroatoms. The average molecular weight is 208 g/mol. The third-order valence-electron chi connectivity index (χ3n) is 2.23. The number of aliphatic hydroxyl groups is 3. The van der Waals surface area contributed by atoms with E-state index in [-0.39, 0.29) is 6.61 Å². The zero-order valence-electron chi connectivity index (χ0n) is 8.16. The van der Waals surface area contributed by atoms with Crippen molar-refractivity contribution < 1.29 is 29.5 Å². The van der Waals surface area contributed by atoms with Gasteiger partial charge in [0.15, 0.2) is 6.29 Å². The van der Waals surface area contributed by atoms with Crippen molar-refractivity contribution in [3.63, 3.8) is 0 Å². The van der Waals surface area contributed by atoms with E-state index in [2.05, 4.69) is 0 Å². The van der Waals surface area contributed by atoms with E-state index in [0.717, 1.165) is 0 Å². The average Bonchev–Trinajstić information content (AvgIpc) is 2.19. The summed E-state index contributed by atoms with van der Waals surface area (Å²) in [5.41, 5.74) is 0. The predicted octanol–water partition coefficient (Wildman–Crippen LogP) is -1.91. The van der Waals surface area contributed by atoms with Crippen LogP contribution in [0.4, 0.5) is 0 Å². The highest BCUT2D eigenvalue weighted by Gasteiger charge is 2.43. The van der Waals surface area contributed by atoms with Crippen molar-refractivity contribution in [3.05, 3.63) is 0 Å². The van der Waals surface area contributed by atoms with Crippen LogP contribution >= 0.6 is 0 Å². The van der Waals surface area contributed by atoms with E-state index < -0.39 is 30.7 Å². The van der Waals surface area contributed by atoms with Gasteiger partial charge < -0.3 is 29.5 Å². The lowest BCUT2D eigenvalue weighted by atomic mass is 9.99. The molecule has 0 saturated carbocycles. The first-order valence-electron chi connectivity index (χ1n) is 4.33. The maximum absolute atomic E-state index is 9.48. The minimum atomic E-state index is -1.28. The first-order chi connectivity index (χ1) is 6.61. The molecule has 0 bridgehead atoms. The van der Waals surface area contributed by atoms with E-state index in [9.17, 15) is 15.3 Å². The van der Waals surface area contributed by atoms with E-state index in [1.807, 2.05) is 0 Å². The van der Waals surface area contributed by atoms with E-state index in [1.54, 1.807) is 0 Å². The maximum Gasteiger partial charge on any atom is 0.186 e. The molecular weight excluding hydrogens is 192 g/mol. The zero-order chi connectivity index (χ0) is 10.7. The van der Waals surface area contributed by atoms with Gasteiger partial charge in [0, 0.05) is 14.2 Å². The summed E-state index contributed by atoms with van der Waals surface area (Å²) in [4.78, 5) is 0. The van der Waals surface area contributed by atoms with Gasteiger partial charge in [-0.05, 0) is 0 Å². The fourth-order valence-electron chi connectivity index (χ4n) is 1.41. The Morgan fingerprint density at radius 2 is 1.71 bits per heavy atom. The molecule has 6 nitrogen and oxygen atoms in total. The fraction of sp³-hybridized carbons (Fsp3) is 1.00. The summed E-state index contributed by atoms with van der Waals surface area (Å²) in [5, 5.41) is 28.3. The van der Waals surface area contributed by atoms with Crippen LogP contribution in [-0.2, 0) is 14.2 Å². The molecule has 0 radical (unpaired) electrons. The van der Waals surface area contributed by atoms with E-state index in [0.29, 0.717) is 0 Å². The first kappa shape index (κ1) is 11.8. The van der Waals surface area contributed by atoms with Crippen molar-refractivity contribution in [2.24, 2.45) is 0 Å². The number of methoxy groups -OCH3 is 2. The van der Waals surface area contributed by atoms with Crippen molar-refractivity contribution in [3.8, 4) is 0 Å². The van der Waals surface area contributed by atoms with Gasteiger partial charge in [-0.3, -0.25) is 0 Å². The highest BCUT2D eigenvalue weighted by Crippen LogP contribution is 2.21. The van der Waals surface area contributed by atoms with Gasteiger partial charge in [0.05, 0.1) is 6.61 Å². The number of rotatable bonds is 3. The summed E-state index contributed by atoms with van der Waals surface area (Å²) in [5.74, 6) is 0. The van der Waals surface area contributed by atoms with Crippen molar-refractivity contribution in [1.29, 1.82) is 0 Å². The minimum absolute atomic E-state index is 0.130. The third kappa shape index (κ3) is 2.22. The van der Waals surface area contributed by atoms with E-state index in [4.69, 9.17) is 14.2 Å². The number of hydrogen-bond acceptors (Lipinski definition) is 6. The summed E-state index contributed by atoms with van der Waals surface area (Å²) in [7, 11) is 2.80. The molecule has 0 aromatic heterocycles. The number of hydrogen-bond donors (Lipinski definition) is 3. The Hall–Kier alpha value is -0.240. The largest absolute Gasteiger partial charge is 0.387 e. The Bertz CT molecular complexity index is 171. The molecule has 5 atom stereocenters. The topological polar surface area (TPSA) is 88.4 Å². The summed E-state index contributed by atoms with van der Waals surface area (Å²) in [6.07, 6.45) is -5.33. The first-order valence-corrected chi connectivity index (χ1v) is 4.33. The van der Waals surface area contributed by atoms with Crippen molar-refractivity contribution in [2.75, 3.05) is 20.8 Å². The minimum Gasteiger partial charge on any atom is -0.387 e. The van der Waals surface area contributed by atoms with E-state index >= 15 is 0 Å². The monoisotopic (exact) mass is 208 g/mol. The highest BCUT2D eigenvalue weighted by atomic mass is 16.7. The second kappa shape index (κ2) is 5.01. The molecule has 14 heavy (non-hydrogen) atoms. The normalized spacial score (nSPS) is 43.9. The Balaban J connectivity index is 2.63. The predicted molar refractivity (Wildman–Crippen MR) is 45.6 cm³/mol. The molecule has 0 spiro atoms. The molecular formula is C8H16O6. The number of ether oxygens (including phenoxy) is 3. The molecule has 1 aliphatic rings. The molecule has 0 aromatic rings. The van der Waals surface area contributed by atoms with E-state index in [1.165, 1.54) is 14.2 Å². The van der Waals surface area contributed by atoms with Crippen LogP contribution in [0.2, 0.25) is 0 Å². The van der Waals surface area contributed by atoms with Gasteiger partial charge in [-0.25, -0.2) is 0 Å². The van der Waals surface area contributed by atoms with Crippen molar-refractivity contribution in [1.82, 2.24) is 0 Å². The summed E-state index contributed by atoms with van der Waals surface area (Å²) < 4.78 is 14.8. The molecule has 0 aromatic carbocycles. The highest BCUT2D eigenvalue weighted by molar-refractivity contribution is 4.88. The standard InChI is InChI=1S/C8H16O6/c1-12-3-4-5(9)6(10)7(11)8(13-2)14-4/h4-11H,3H2,1-2H3/t4-,5+,6+,7+,8+/m1/s1. The Morgan fingerprint density at radius 3 is 2.21 bits per heavy atom. The van der Waals surface area contributed by atoms with Gasteiger partial charge >= 0.3 is 0 Å². The van der Waals surface area contributed by atoms with Crippen LogP contribution in [0.25, 0.3) is 0 Å². The van der Waals surface area contributed by atoms with Crippen LogP contribution in [0.1, 0.15) is 0 Å². The van der Waals surface area contributed by atoms with Gasteiger partial charge in [-0.1, -0.05) is 0 Å². The summed E-state index contributed by atoms with van der Waals surface area (Å²) >= 11 is 0. The molecule has 0 aliphatic carbocycles. The number of aliphatic hydroxyl groups excluding tert-OH is 3. The second-order valence-corrected chi connectivity index (χ2v) is 3.21. The Labute approximate surface area is 82.0 Å². The lowest BCUT2D eigenvalue weighted by Crippen LogP contribution is -2.59. The third-order valence-corrected chi connectivity index (χ3v) is 2.23. The molecule has 1 rings (SSSR count). The molecule has 3 N–H and O–H groups in total. The Morgan fingerprint density at radius 1 is 1.07 bits per heavy atom. The lowest BCUT2D eigenvalue weighted by molar-refractivity contribution is -0.295.